The quantitative estimate of drug-likeness (QED) is 0.254. The molecule has 6 heteroatoms. The molecule has 1 atom stereocenters. The molecule has 192 valence electrons. The fourth-order valence-electron chi connectivity index (χ4n) is 5.23. The van der Waals surface area contributed by atoms with Gasteiger partial charge < -0.3 is 14.2 Å². The minimum atomic E-state index is -0.929. The number of ether oxygens (including phenoxy) is 3. The first kappa shape index (κ1) is 25.5. The van der Waals surface area contributed by atoms with Gasteiger partial charge in [-0.3, -0.25) is 4.98 Å². The Labute approximate surface area is 222 Å². The minimum absolute atomic E-state index is 0.260. The summed E-state index contributed by atoms with van der Waals surface area (Å²) in [5, 5.41) is 3.56. The maximum atomic E-state index is 13.4. The number of benzene rings is 3. The molecule has 0 spiro atoms. The van der Waals surface area contributed by atoms with E-state index in [-0.39, 0.29) is 6.61 Å². The minimum Gasteiger partial charge on any atom is -0.493 e. The summed E-state index contributed by atoms with van der Waals surface area (Å²) in [6.45, 7) is 12.5. The normalized spacial score (nSPS) is 14.0. The van der Waals surface area contributed by atoms with Crippen LogP contribution >= 0.6 is 11.6 Å². The van der Waals surface area contributed by atoms with Crippen LogP contribution in [0.25, 0.3) is 32.8 Å². The van der Waals surface area contributed by atoms with Crippen LogP contribution in [-0.2, 0) is 20.7 Å². The van der Waals surface area contributed by atoms with Crippen molar-refractivity contribution in [2.75, 3.05) is 13.2 Å². The van der Waals surface area contributed by atoms with Gasteiger partial charge in [-0.1, -0.05) is 23.7 Å². The van der Waals surface area contributed by atoms with Gasteiger partial charge in [0, 0.05) is 34.5 Å². The molecule has 0 fully saturated rings. The third-order valence-corrected chi connectivity index (χ3v) is 7.27. The highest BCUT2D eigenvalue weighted by atomic mass is 35.5. The lowest BCUT2D eigenvalue weighted by atomic mass is 9.85. The molecule has 1 aliphatic rings. The number of rotatable bonds is 5. The monoisotopic (exact) mass is 517 g/mol. The van der Waals surface area contributed by atoms with Gasteiger partial charge in [0.15, 0.2) is 6.10 Å². The highest BCUT2D eigenvalue weighted by molar-refractivity contribution is 6.37. The number of esters is 1. The number of pyridine rings is 1. The first-order chi connectivity index (χ1) is 17.6. The molecule has 3 aromatic carbocycles. The molecule has 0 bridgehead atoms. The molecule has 0 radical (unpaired) electrons. The third kappa shape index (κ3) is 4.55. The van der Waals surface area contributed by atoms with Crippen molar-refractivity contribution in [3.8, 4) is 16.9 Å². The van der Waals surface area contributed by atoms with Gasteiger partial charge in [-0.05, 0) is 93.4 Å². The summed E-state index contributed by atoms with van der Waals surface area (Å²) in [4.78, 5) is 18.3. The summed E-state index contributed by atoms with van der Waals surface area (Å²) in [5.41, 5.74) is 5.87. The molecule has 37 heavy (non-hydrogen) atoms. The van der Waals surface area contributed by atoms with E-state index in [4.69, 9.17) is 30.8 Å². The molecule has 0 saturated carbocycles. The van der Waals surface area contributed by atoms with E-state index in [9.17, 15) is 4.79 Å². The number of aryl methyl sites for hydroxylation is 2. The zero-order valence-electron chi connectivity index (χ0n) is 22.2. The Morgan fingerprint density at radius 2 is 1.89 bits per heavy atom. The number of hydrogen-bond donors (Lipinski definition) is 0. The highest BCUT2D eigenvalue weighted by Crippen LogP contribution is 2.46. The number of aromatic nitrogens is 1. The lowest BCUT2D eigenvalue weighted by Gasteiger charge is -2.30. The van der Waals surface area contributed by atoms with Gasteiger partial charge in [-0.2, -0.15) is 0 Å². The van der Waals surface area contributed by atoms with E-state index in [0.717, 1.165) is 61.7 Å². The number of halogens is 1. The fourth-order valence-corrected chi connectivity index (χ4v) is 5.44. The molecule has 0 unspecified atom stereocenters. The van der Waals surface area contributed by atoms with Crippen LogP contribution in [0.3, 0.4) is 0 Å². The average Bonchev–Trinajstić information content (AvgIpc) is 2.85. The molecule has 0 N–H and O–H groups in total. The van der Waals surface area contributed by atoms with Crippen LogP contribution in [0.4, 0.5) is 0 Å². The predicted octanol–water partition coefficient (Wildman–Crippen LogP) is 7.68. The van der Waals surface area contributed by atoms with E-state index < -0.39 is 17.7 Å². The van der Waals surface area contributed by atoms with Crippen LogP contribution in [0.1, 0.15) is 56.1 Å². The molecular formula is C31H32ClNO4. The molecule has 5 nitrogen and oxygen atoms in total. The second-order valence-corrected chi connectivity index (χ2v) is 10.9. The largest absolute Gasteiger partial charge is 0.493 e. The summed E-state index contributed by atoms with van der Waals surface area (Å²) >= 11 is 6.85. The number of fused-ring (bicyclic) bond motifs is 1. The Hall–Kier alpha value is -3.15. The van der Waals surface area contributed by atoms with Crippen molar-refractivity contribution < 1.29 is 19.0 Å². The summed E-state index contributed by atoms with van der Waals surface area (Å²) < 4.78 is 17.9. The topological polar surface area (TPSA) is 57.7 Å². The Bertz CT molecular complexity index is 1530. The van der Waals surface area contributed by atoms with Crippen LogP contribution in [0.5, 0.6) is 5.75 Å². The molecule has 0 saturated heterocycles. The van der Waals surface area contributed by atoms with Gasteiger partial charge in [-0.15, -0.1) is 0 Å². The smallest absolute Gasteiger partial charge is 0.339 e. The van der Waals surface area contributed by atoms with Gasteiger partial charge >= 0.3 is 5.97 Å². The van der Waals surface area contributed by atoms with Crippen LogP contribution in [0.15, 0.2) is 42.6 Å². The van der Waals surface area contributed by atoms with Crippen LogP contribution in [0.2, 0.25) is 5.02 Å². The van der Waals surface area contributed by atoms with E-state index in [1.165, 1.54) is 5.56 Å². The van der Waals surface area contributed by atoms with E-state index in [0.29, 0.717) is 11.6 Å². The maximum absolute atomic E-state index is 13.4. The Morgan fingerprint density at radius 1 is 1.11 bits per heavy atom. The summed E-state index contributed by atoms with van der Waals surface area (Å²) in [7, 11) is 0. The molecule has 0 amide bonds. The fraction of sp³-hybridized carbons (Fsp3) is 0.355. The maximum Gasteiger partial charge on any atom is 0.339 e. The van der Waals surface area contributed by atoms with Crippen LogP contribution in [0, 0.1) is 13.8 Å². The second-order valence-electron chi connectivity index (χ2n) is 10.5. The predicted molar refractivity (Wildman–Crippen MR) is 149 cm³/mol. The molecule has 1 aromatic heterocycles. The van der Waals surface area contributed by atoms with Crippen molar-refractivity contribution >= 4 is 39.2 Å². The van der Waals surface area contributed by atoms with Crippen molar-refractivity contribution in [3.05, 3.63) is 69.9 Å². The van der Waals surface area contributed by atoms with Crippen LogP contribution in [-0.4, -0.2) is 29.8 Å². The number of carbonyl (C=O) groups excluding carboxylic acids is 1. The zero-order valence-corrected chi connectivity index (χ0v) is 23.0. The Morgan fingerprint density at radius 3 is 2.62 bits per heavy atom. The lowest BCUT2D eigenvalue weighted by molar-refractivity contribution is -0.166. The summed E-state index contributed by atoms with van der Waals surface area (Å²) in [6.07, 6.45) is 1.74. The van der Waals surface area contributed by atoms with Crippen molar-refractivity contribution in [3.63, 3.8) is 0 Å². The summed E-state index contributed by atoms with van der Waals surface area (Å²) in [5.74, 6) is 0.409. The number of carbonyl (C=O) groups is 1. The molecule has 5 rings (SSSR count). The zero-order chi connectivity index (χ0) is 26.5. The number of nitrogens with zero attached hydrogens (tertiary/aromatic N) is 1. The van der Waals surface area contributed by atoms with Gasteiger partial charge in [0.2, 0.25) is 0 Å². The van der Waals surface area contributed by atoms with E-state index in [1.54, 1.807) is 6.92 Å². The van der Waals surface area contributed by atoms with E-state index in [1.807, 2.05) is 65.1 Å². The highest BCUT2D eigenvalue weighted by Gasteiger charge is 2.34. The van der Waals surface area contributed by atoms with Crippen molar-refractivity contribution in [2.45, 2.75) is 59.7 Å². The Kier molecular flexibility index (Phi) is 6.63. The first-order valence-electron chi connectivity index (χ1n) is 12.7. The molecular weight excluding hydrogens is 486 g/mol. The van der Waals surface area contributed by atoms with Crippen molar-refractivity contribution in [2.24, 2.45) is 0 Å². The third-order valence-electron chi connectivity index (χ3n) is 6.77. The van der Waals surface area contributed by atoms with Gasteiger partial charge in [0.05, 0.1) is 29.4 Å². The number of hydrogen-bond acceptors (Lipinski definition) is 5. The van der Waals surface area contributed by atoms with Gasteiger partial charge in [-0.25, -0.2) is 4.79 Å². The first-order valence-corrected chi connectivity index (χ1v) is 13.1. The molecule has 1 aliphatic heterocycles. The lowest BCUT2D eigenvalue weighted by Crippen LogP contribution is -2.29. The Balaban J connectivity index is 1.92. The average molecular weight is 518 g/mol. The standard InChI is InChI=1S/C31H32ClNO4/c1-7-35-30(34)29(37-31(4,5)6)24-18(3)16-22-20(9-8-17(2)27(22)32)26(24)21-10-11-23-25-19(13-15-36-23)12-14-33-28(21)25/h8-12,14,16,29H,7,13,15H2,1-6H3/t29-/m0/s1. The van der Waals surface area contributed by atoms with Gasteiger partial charge in [0.1, 0.15) is 5.75 Å². The second kappa shape index (κ2) is 9.62. The molecule has 2 heterocycles. The van der Waals surface area contributed by atoms with E-state index in [2.05, 4.69) is 12.1 Å². The van der Waals surface area contributed by atoms with Gasteiger partial charge in [0.25, 0.3) is 0 Å². The summed E-state index contributed by atoms with van der Waals surface area (Å²) in [6, 6.07) is 12.2. The van der Waals surface area contributed by atoms with Crippen LogP contribution < -0.4 is 4.74 Å². The molecule has 4 aromatic rings. The van der Waals surface area contributed by atoms with E-state index >= 15 is 0 Å². The van der Waals surface area contributed by atoms with Crippen molar-refractivity contribution in [1.29, 1.82) is 0 Å². The van der Waals surface area contributed by atoms with Crippen molar-refractivity contribution in [1.82, 2.24) is 4.98 Å². The molecule has 0 aliphatic carbocycles. The SMILES string of the molecule is CCOC(=O)[C@@H](OC(C)(C)C)c1c(C)cc2c(Cl)c(C)ccc2c1-c1ccc2c3c(ccnc13)CCO2.